The Hall–Kier alpha value is -2.11. The zero-order valence-electron chi connectivity index (χ0n) is 14.5. The molecular weight excluding hydrogens is 345 g/mol. The highest BCUT2D eigenvalue weighted by Crippen LogP contribution is 2.34. The highest BCUT2D eigenvalue weighted by molar-refractivity contribution is 5.84. The number of aliphatic carboxylic acids is 1. The minimum atomic E-state index is -1.23. The van der Waals surface area contributed by atoms with E-state index in [1.807, 2.05) is 0 Å². The van der Waals surface area contributed by atoms with Gasteiger partial charge in [-0.05, 0) is 31.2 Å². The number of hydrogen-bond acceptors (Lipinski definition) is 2. The van der Waals surface area contributed by atoms with Crippen LogP contribution in [0.3, 0.4) is 0 Å². The maximum Gasteiger partial charge on any atom is 0.303 e. The summed E-state index contributed by atoms with van der Waals surface area (Å²) in [5.41, 5.74) is -0.158. The molecule has 0 radical (unpaired) electrons. The van der Waals surface area contributed by atoms with Crippen molar-refractivity contribution in [3.8, 4) is 0 Å². The maximum atomic E-state index is 13.7. The molecule has 0 aliphatic heterocycles. The number of rotatable bonds is 9. The van der Waals surface area contributed by atoms with Gasteiger partial charge >= 0.3 is 5.97 Å². The average molecular weight is 368 g/mol. The number of Topliss-reactive ketones (excluding diaryl/α,β-unsaturated/α-hetero) is 1. The number of ketones is 1. The summed E-state index contributed by atoms with van der Waals surface area (Å²) >= 11 is 0. The van der Waals surface area contributed by atoms with Gasteiger partial charge in [-0.15, -0.1) is 0 Å². The van der Waals surface area contributed by atoms with Crippen molar-refractivity contribution in [2.75, 3.05) is 0 Å². The predicted molar refractivity (Wildman–Crippen MR) is 91.9 cm³/mol. The molecule has 0 heterocycles. The Morgan fingerprint density at radius 1 is 1.15 bits per heavy atom. The number of carboxylic acids is 1. The van der Waals surface area contributed by atoms with E-state index in [9.17, 15) is 22.8 Å². The van der Waals surface area contributed by atoms with Gasteiger partial charge in [-0.25, -0.2) is 13.2 Å². The summed E-state index contributed by atoms with van der Waals surface area (Å²) < 4.78 is 40.2. The molecule has 0 saturated heterocycles. The summed E-state index contributed by atoms with van der Waals surface area (Å²) in [6.45, 7) is 0. The minimum absolute atomic E-state index is 0.0627. The first-order chi connectivity index (χ1) is 12.4. The van der Waals surface area contributed by atoms with E-state index >= 15 is 0 Å². The van der Waals surface area contributed by atoms with Gasteiger partial charge in [0.25, 0.3) is 0 Å². The van der Waals surface area contributed by atoms with E-state index in [4.69, 9.17) is 5.11 Å². The van der Waals surface area contributed by atoms with Crippen molar-refractivity contribution in [1.82, 2.24) is 0 Å². The first kappa shape index (κ1) is 20.2. The number of allylic oxidation sites excluding steroid dienone is 1. The molecule has 2 rings (SSSR count). The number of carbonyl (C=O) groups is 2. The van der Waals surface area contributed by atoms with Crippen molar-refractivity contribution in [2.24, 2.45) is 11.8 Å². The summed E-state index contributed by atoms with van der Waals surface area (Å²) in [5, 5.41) is 8.59. The molecule has 0 spiro atoms. The Kier molecular flexibility index (Phi) is 7.42. The number of hydrogen-bond donors (Lipinski definition) is 1. The van der Waals surface area contributed by atoms with E-state index in [2.05, 4.69) is 0 Å². The summed E-state index contributed by atoms with van der Waals surface area (Å²) in [7, 11) is 0. The van der Waals surface area contributed by atoms with Crippen LogP contribution >= 0.6 is 0 Å². The molecule has 1 saturated carbocycles. The first-order valence-electron chi connectivity index (χ1n) is 8.95. The molecular formula is C20H23F3O3. The fourth-order valence-corrected chi connectivity index (χ4v) is 3.46. The lowest BCUT2D eigenvalue weighted by Crippen LogP contribution is -2.13. The van der Waals surface area contributed by atoms with Crippen LogP contribution in [0.1, 0.15) is 56.9 Å². The van der Waals surface area contributed by atoms with Gasteiger partial charge in [0.05, 0.1) is 0 Å². The molecule has 1 fully saturated rings. The normalized spacial score (nSPS) is 20.2. The molecule has 1 N–H and O–H groups in total. The standard InChI is InChI=1S/C20H23F3O3/c21-15-11-14(20(23)17(22)12-15)8-7-13-9-10-18(24)16(13)5-3-1-2-4-6-19(25)26/h7-8,11-13,16H,1-6,9-10H2,(H,25,26)/b8-7+. The van der Waals surface area contributed by atoms with E-state index in [1.54, 1.807) is 6.08 Å². The zero-order chi connectivity index (χ0) is 19.1. The number of halogens is 3. The van der Waals surface area contributed by atoms with Gasteiger partial charge < -0.3 is 5.11 Å². The van der Waals surface area contributed by atoms with E-state index in [-0.39, 0.29) is 29.6 Å². The van der Waals surface area contributed by atoms with E-state index in [1.165, 1.54) is 6.08 Å². The highest BCUT2D eigenvalue weighted by atomic mass is 19.2. The molecule has 1 aliphatic rings. The number of benzene rings is 1. The van der Waals surface area contributed by atoms with Crippen LogP contribution in [-0.2, 0) is 9.59 Å². The van der Waals surface area contributed by atoms with Crippen molar-refractivity contribution in [1.29, 1.82) is 0 Å². The quantitative estimate of drug-likeness (QED) is 0.485. The SMILES string of the molecule is O=C(O)CCCCCCC1C(=O)CCC1/C=C/c1cc(F)cc(F)c1F. The number of unbranched alkanes of at least 4 members (excludes halogenated alkanes) is 3. The van der Waals surface area contributed by atoms with Gasteiger partial charge in [-0.1, -0.05) is 31.4 Å². The van der Waals surface area contributed by atoms with Crippen LogP contribution in [-0.4, -0.2) is 16.9 Å². The lowest BCUT2D eigenvalue weighted by atomic mass is 9.89. The van der Waals surface area contributed by atoms with Crippen molar-refractivity contribution < 1.29 is 27.9 Å². The smallest absolute Gasteiger partial charge is 0.303 e. The predicted octanol–water partition coefficient (Wildman–Crippen LogP) is 5.14. The third kappa shape index (κ3) is 5.71. The minimum Gasteiger partial charge on any atom is -0.481 e. The van der Waals surface area contributed by atoms with E-state index in [0.29, 0.717) is 31.7 Å². The molecule has 1 aliphatic carbocycles. The Morgan fingerprint density at radius 3 is 2.62 bits per heavy atom. The second kappa shape index (κ2) is 9.55. The monoisotopic (exact) mass is 368 g/mol. The zero-order valence-corrected chi connectivity index (χ0v) is 14.5. The van der Waals surface area contributed by atoms with Crippen LogP contribution < -0.4 is 0 Å². The molecule has 6 heteroatoms. The van der Waals surface area contributed by atoms with Crippen LogP contribution in [0.5, 0.6) is 0 Å². The van der Waals surface area contributed by atoms with Gasteiger partial charge in [0.1, 0.15) is 11.6 Å². The van der Waals surface area contributed by atoms with Crippen molar-refractivity contribution in [3.63, 3.8) is 0 Å². The number of carbonyl (C=O) groups excluding carboxylic acids is 1. The highest BCUT2D eigenvalue weighted by Gasteiger charge is 2.32. The van der Waals surface area contributed by atoms with Crippen LogP contribution in [0.4, 0.5) is 13.2 Å². The summed E-state index contributed by atoms with van der Waals surface area (Å²) in [6, 6.07) is 1.43. The molecule has 3 nitrogen and oxygen atoms in total. The molecule has 0 aromatic heterocycles. The summed E-state index contributed by atoms with van der Waals surface area (Å²) in [5.74, 6) is -4.03. The van der Waals surface area contributed by atoms with Gasteiger partial charge in [0.15, 0.2) is 11.6 Å². The second-order valence-electron chi connectivity index (χ2n) is 6.77. The molecule has 2 unspecified atom stereocenters. The second-order valence-corrected chi connectivity index (χ2v) is 6.77. The fraction of sp³-hybridized carbons (Fsp3) is 0.500. The van der Waals surface area contributed by atoms with Gasteiger partial charge in [0, 0.05) is 30.4 Å². The van der Waals surface area contributed by atoms with Crippen LogP contribution in [0.2, 0.25) is 0 Å². The molecule has 142 valence electrons. The van der Waals surface area contributed by atoms with Gasteiger partial charge in [0.2, 0.25) is 0 Å². The molecule has 26 heavy (non-hydrogen) atoms. The molecule has 0 bridgehead atoms. The van der Waals surface area contributed by atoms with Crippen molar-refractivity contribution in [3.05, 3.63) is 41.2 Å². The van der Waals surface area contributed by atoms with E-state index in [0.717, 1.165) is 25.3 Å². The van der Waals surface area contributed by atoms with Crippen LogP contribution in [0, 0.1) is 29.3 Å². The van der Waals surface area contributed by atoms with Crippen molar-refractivity contribution >= 4 is 17.8 Å². The maximum absolute atomic E-state index is 13.7. The van der Waals surface area contributed by atoms with Gasteiger partial charge in [-0.3, -0.25) is 9.59 Å². The molecule has 1 aromatic carbocycles. The van der Waals surface area contributed by atoms with Crippen molar-refractivity contribution in [2.45, 2.75) is 51.4 Å². The number of carboxylic acid groups (broad SMARTS) is 1. The van der Waals surface area contributed by atoms with E-state index < -0.39 is 23.4 Å². The lowest BCUT2D eigenvalue weighted by Gasteiger charge is -2.15. The largest absolute Gasteiger partial charge is 0.481 e. The molecule has 2 atom stereocenters. The van der Waals surface area contributed by atoms with Gasteiger partial charge in [-0.2, -0.15) is 0 Å². The van der Waals surface area contributed by atoms with Crippen LogP contribution in [0.25, 0.3) is 6.08 Å². The molecule has 0 amide bonds. The average Bonchev–Trinajstić information content (AvgIpc) is 2.92. The third-order valence-electron chi connectivity index (χ3n) is 4.85. The molecule has 1 aromatic rings. The Balaban J connectivity index is 1.90. The Labute approximate surface area is 150 Å². The summed E-state index contributed by atoms with van der Waals surface area (Å²) in [6.07, 6.45) is 8.10. The Morgan fingerprint density at radius 2 is 1.88 bits per heavy atom. The first-order valence-corrected chi connectivity index (χ1v) is 8.95. The topological polar surface area (TPSA) is 54.4 Å². The summed E-state index contributed by atoms with van der Waals surface area (Å²) in [4.78, 5) is 22.5. The third-order valence-corrected chi connectivity index (χ3v) is 4.85. The lowest BCUT2D eigenvalue weighted by molar-refractivity contribution is -0.137. The fourth-order valence-electron chi connectivity index (χ4n) is 3.46. The Bertz CT molecular complexity index is 685. The van der Waals surface area contributed by atoms with Crippen LogP contribution in [0.15, 0.2) is 18.2 Å².